The number of benzene rings is 1. The van der Waals surface area contributed by atoms with Gasteiger partial charge in [-0.15, -0.1) is 0 Å². The highest BCUT2D eigenvalue weighted by molar-refractivity contribution is 5.59. The molecule has 4 aliphatic rings. The molecule has 1 aromatic rings. The third-order valence-electron chi connectivity index (χ3n) is 6.04. The van der Waals surface area contributed by atoms with Gasteiger partial charge in [0.2, 0.25) is 5.79 Å². The molecule has 3 aliphatic heterocycles. The first-order valence-corrected chi connectivity index (χ1v) is 9.49. The molecule has 7 heteroatoms. The van der Waals surface area contributed by atoms with Crippen molar-refractivity contribution in [2.75, 3.05) is 14.2 Å². The van der Waals surface area contributed by atoms with Gasteiger partial charge in [-0.2, -0.15) is 4.89 Å². The van der Waals surface area contributed by atoms with Crippen LogP contribution in [0.3, 0.4) is 0 Å². The van der Waals surface area contributed by atoms with Gasteiger partial charge in [-0.05, 0) is 30.7 Å². The van der Waals surface area contributed by atoms with E-state index in [-0.39, 0.29) is 6.61 Å². The van der Waals surface area contributed by atoms with Gasteiger partial charge in [0.1, 0.15) is 6.61 Å². The van der Waals surface area contributed by atoms with E-state index in [1.54, 1.807) is 7.11 Å². The minimum Gasteiger partial charge on any atom is -0.438 e. The van der Waals surface area contributed by atoms with Gasteiger partial charge in [0.25, 0.3) is 0 Å². The fraction of sp³-hybridized carbons (Fsp3) is 0.650. The Labute approximate surface area is 158 Å². The summed E-state index contributed by atoms with van der Waals surface area (Å²) in [5, 5.41) is 0. The lowest BCUT2D eigenvalue weighted by molar-refractivity contribution is -0.558. The molecule has 0 N–H and O–H groups in total. The zero-order valence-electron chi connectivity index (χ0n) is 15.8. The molecule has 0 aromatic heterocycles. The van der Waals surface area contributed by atoms with Gasteiger partial charge < -0.3 is 18.9 Å². The van der Waals surface area contributed by atoms with E-state index >= 15 is 0 Å². The van der Waals surface area contributed by atoms with E-state index in [2.05, 4.69) is 4.74 Å². The zero-order chi connectivity index (χ0) is 18.9. The molecule has 7 nitrogen and oxygen atoms in total. The monoisotopic (exact) mass is 378 g/mol. The number of carbonyl (C=O) groups is 1. The molecule has 5 rings (SSSR count). The summed E-state index contributed by atoms with van der Waals surface area (Å²) in [6, 6.07) is 7.59. The van der Waals surface area contributed by atoms with Crippen molar-refractivity contribution in [3.63, 3.8) is 0 Å². The van der Waals surface area contributed by atoms with Crippen LogP contribution in [0.4, 0.5) is 4.79 Å². The van der Waals surface area contributed by atoms with Crippen LogP contribution in [0, 0.1) is 5.92 Å². The van der Waals surface area contributed by atoms with E-state index in [1.165, 1.54) is 13.5 Å². The number of ether oxygens (including phenoxy) is 4. The van der Waals surface area contributed by atoms with E-state index < -0.39 is 23.8 Å². The van der Waals surface area contributed by atoms with Crippen molar-refractivity contribution in [2.24, 2.45) is 5.92 Å². The summed E-state index contributed by atoms with van der Waals surface area (Å²) < 4.78 is 21.5. The number of hydrogen-bond acceptors (Lipinski definition) is 7. The molecule has 1 unspecified atom stereocenters. The normalized spacial score (nSPS) is 35.2. The highest BCUT2D eigenvalue weighted by atomic mass is 17.3. The molecule has 3 heterocycles. The van der Waals surface area contributed by atoms with Gasteiger partial charge in [-0.25, -0.2) is 9.68 Å². The molecule has 0 radical (unpaired) electrons. The standard InChI is InChI=1S/C20H26O7/c1-22-17-19-11-4-3-5-15(19)10-12-20(25-17,27-26-19)16-8-6-14(7-9-16)13-24-18(21)23-2/h6-9,15,17H,3-5,10-13H2,1-2H3/t15-,17-,19?,20-/m1/s1. The number of methoxy groups -OCH3 is 2. The molecule has 1 spiro atoms. The minimum atomic E-state index is -0.981. The number of hydrogen-bond donors (Lipinski definition) is 0. The Hall–Kier alpha value is -1.67. The second kappa shape index (κ2) is 7.39. The SMILES string of the molecule is COC(=O)OCc1ccc([C@@]23CC[C@H]4CCCCC4(OO2)[C@H](OC)O3)cc1. The van der Waals surface area contributed by atoms with E-state index in [9.17, 15) is 4.79 Å². The van der Waals surface area contributed by atoms with Crippen LogP contribution in [-0.2, 0) is 41.1 Å². The topological polar surface area (TPSA) is 72.5 Å². The molecule has 1 aromatic carbocycles. The Morgan fingerprint density at radius 2 is 1.93 bits per heavy atom. The zero-order valence-corrected chi connectivity index (χ0v) is 15.8. The quantitative estimate of drug-likeness (QED) is 0.583. The summed E-state index contributed by atoms with van der Waals surface area (Å²) in [5.74, 6) is -0.612. The fourth-order valence-corrected chi connectivity index (χ4v) is 4.55. The average molecular weight is 378 g/mol. The number of rotatable bonds is 4. The maximum Gasteiger partial charge on any atom is 0.508 e. The lowest BCUT2D eigenvalue weighted by atomic mass is 9.73. The molecular weight excluding hydrogens is 352 g/mol. The molecular formula is C20H26O7. The predicted molar refractivity (Wildman–Crippen MR) is 93.3 cm³/mol. The van der Waals surface area contributed by atoms with E-state index in [0.717, 1.165) is 36.8 Å². The van der Waals surface area contributed by atoms with Crippen LogP contribution in [0.25, 0.3) is 0 Å². The summed E-state index contributed by atoms with van der Waals surface area (Å²) in [6.07, 6.45) is 4.79. The Balaban J connectivity index is 1.55. The van der Waals surface area contributed by atoms with Gasteiger partial charge in [0.15, 0.2) is 11.9 Å². The first-order valence-electron chi connectivity index (χ1n) is 9.49. The Kier molecular flexibility index (Phi) is 5.11. The Morgan fingerprint density at radius 3 is 2.67 bits per heavy atom. The van der Waals surface area contributed by atoms with Crippen LogP contribution in [0.15, 0.2) is 24.3 Å². The number of carbonyl (C=O) groups excluding carboxylic acids is 1. The summed E-state index contributed by atoms with van der Waals surface area (Å²) in [4.78, 5) is 23.1. The maximum atomic E-state index is 11.1. The first kappa shape index (κ1) is 18.7. The van der Waals surface area contributed by atoms with Crippen molar-refractivity contribution in [1.29, 1.82) is 0 Å². The van der Waals surface area contributed by atoms with Gasteiger partial charge in [-0.1, -0.05) is 37.1 Å². The largest absolute Gasteiger partial charge is 0.508 e. The van der Waals surface area contributed by atoms with Crippen LogP contribution in [0.2, 0.25) is 0 Å². The summed E-state index contributed by atoms with van der Waals surface area (Å²) >= 11 is 0. The fourth-order valence-electron chi connectivity index (χ4n) is 4.55. The molecule has 1 saturated carbocycles. The molecule has 0 amide bonds. The van der Waals surface area contributed by atoms with Crippen LogP contribution in [-0.4, -0.2) is 32.3 Å². The van der Waals surface area contributed by atoms with Crippen molar-refractivity contribution in [2.45, 2.75) is 62.8 Å². The van der Waals surface area contributed by atoms with Crippen molar-refractivity contribution in [1.82, 2.24) is 0 Å². The van der Waals surface area contributed by atoms with Crippen molar-refractivity contribution >= 4 is 6.16 Å². The maximum absolute atomic E-state index is 11.1. The van der Waals surface area contributed by atoms with Gasteiger partial charge >= 0.3 is 6.16 Å². The molecule has 4 fully saturated rings. The highest BCUT2D eigenvalue weighted by Gasteiger charge is 2.61. The molecule has 27 heavy (non-hydrogen) atoms. The molecule has 2 bridgehead atoms. The lowest BCUT2D eigenvalue weighted by Gasteiger charge is -2.49. The van der Waals surface area contributed by atoms with Crippen LogP contribution in [0.5, 0.6) is 0 Å². The summed E-state index contributed by atoms with van der Waals surface area (Å²) in [7, 11) is 2.95. The minimum absolute atomic E-state index is 0.143. The molecule has 148 valence electrons. The van der Waals surface area contributed by atoms with Gasteiger partial charge in [-0.3, -0.25) is 0 Å². The number of fused-ring (bicyclic) bond motifs is 3. The lowest BCUT2D eigenvalue weighted by Crippen LogP contribution is -2.59. The second-order valence-electron chi connectivity index (χ2n) is 7.48. The Morgan fingerprint density at radius 1 is 1.11 bits per heavy atom. The van der Waals surface area contributed by atoms with E-state index in [1.807, 2.05) is 24.3 Å². The van der Waals surface area contributed by atoms with E-state index in [0.29, 0.717) is 12.3 Å². The van der Waals surface area contributed by atoms with Crippen molar-refractivity contribution in [3.05, 3.63) is 35.4 Å². The molecule has 1 aliphatic carbocycles. The third kappa shape index (κ3) is 3.23. The second-order valence-corrected chi connectivity index (χ2v) is 7.48. The summed E-state index contributed by atoms with van der Waals surface area (Å²) in [6.45, 7) is 0.143. The van der Waals surface area contributed by atoms with Crippen LogP contribution < -0.4 is 0 Å². The van der Waals surface area contributed by atoms with Gasteiger partial charge in [0.05, 0.1) is 7.11 Å². The average Bonchev–Trinajstić information content (AvgIpc) is 2.98. The van der Waals surface area contributed by atoms with Crippen molar-refractivity contribution < 1.29 is 33.5 Å². The third-order valence-corrected chi connectivity index (χ3v) is 6.04. The summed E-state index contributed by atoms with van der Waals surface area (Å²) in [5.41, 5.74) is 1.19. The smallest absolute Gasteiger partial charge is 0.438 e. The Bertz CT molecular complexity index is 671. The highest BCUT2D eigenvalue weighted by Crippen LogP contribution is 2.55. The van der Waals surface area contributed by atoms with Gasteiger partial charge in [0, 0.05) is 19.1 Å². The van der Waals surface area contributed by atoms with Crippen LogP contribution in [0.1, 0.15) is 49.7 Å². The molecule has 3 saturated heterocycles. The molecule has 4 atom stereocenters. The predicted octanol–water partition coefficient (Wildman–Crippen LogP) is 3.80. The van der Waals surface area contributed by atoms with Crippen molar-refractivity contribution in [3.8, 4) is 0 Å². The van der Waals surface area contributed by atoms with E-state index in [4.69, 9.17) is 24.0 Å². The van der Waals surface area contributed by atoms with Crippen LogP contribution >= 0.6 is 0 Å². The first-order chi connectivity index (χ1) is 13.1.